The van der Waals surface area contributed by atoms with Crippen molar-refractivity contribution in [3.05, 3.63) is 0 Å². The van der Waals surface area contributed by atoms with E-state index in [2.05, 4.69) is 12.2 Å². The molecule has 0 rings (SSSR count). The van der Waals surface area contributed by atoms with Crippen LogP contribution in [0.4, 0.5) is 0 Å². The molecule has 2 nitrogen and oxygen atoms in total. The average Bonchev–Trinajstić information content (AvgIpc) is 1.64. The van der Waals surface area contributed by atoms with Crippen LogP contribution >= 0.6 is 0 Å². The number of hydrogen-bond donors (Lipinski definition) is 1. The molecule has 0 saturated heterocycles. The Bertz CT molecular complexity index is 88.9. The largest absolute Gasteiger partial charge is 0.354 e. The Morgan fingerprint density at radius 2 is 2.11 bits per heavy atom. The van der Waals surface area contributed by atoms with Crippen molar-refractivity contribution in [3.63, 3.8) is 0 Å². The number of carbonyl (C=O) groups excluding carboxylic acids is 1. The first-order valence-corrected chi connectivity index (χ1v) is 3.34. The van der Waals surface area contributed by atoms with E-state index < -0.39 is 0 Å². The zero-order valence-electron chi connectivity index (χ0n) is 6.40. The highest BCUT2D eigenvalue weighted by atomic mass is 16.1. The van der Waals surface area contributed by atoms with Crippen molar-refractivity contribution < 1.29 is 4.79 Å². The summed E-state index contributed by atoms with van der Waals surface area (Å²) in [7, 11) is 0. The molecule has 0 fully saturated rings. The van der Waals surface area contributed by atoms with Crippen LogP contribution in [0.1, 0.15) is 33.6 Å². The van der Waals surface area contributed by atoms with E-state index in [1.165, 1.54) is 0 Å². The van der Waals surface area contributed by atoms with Gasteiger partial charge in [-0.25, -0.2) is 0 Å². The molecule has 0 radical (unpaired) electrons. The first-order chi connectivity index (χ1) is 4.12. The standard InChI is InChI=1S/C7H15NO/c1-4-5-7(2,3)8-6-9/h6H,4-5H2,1-3H3,(H,8,9). The van der Waals surface area contributed by atoms with Gasteiger partial charge < -0.3 is 5.32 Å². The van der Waals surface area contributed by atoms with Crippen LogP contribution in [0.15, 0.2) is 0 Å². The molecular weight excluding hydrogens is 114 g/mol. The summed E-state index contributed by atoms with van der Waals surface area (Å²) < 4.78 is 0. The Morgan fingerprint density at radius 3 is 2.44 bits per heavy atom. The van der Waals surface area contributed by atoms with Crippen LogP contribution in [0.25, 0.3) is 0 Å². The summed E-state index contributed by atoms with van der Waals surface area (Å²) in [6.07, 6.45) is 2.90. The molecule has 9 heavy (non-hydrogen) atoms. The van der Waals surface area contributed by atoms with Crippen LogP contribution in [-0.2, 0) is 4.79 Å². The highest BCUT2D eigenvalue weighted by Crippen LogP contribution is 2.08. The van der Waals surface area contributed by atoms with Gasteiger partial charge >= 0.3 is 0 Å². The Hall–Kier alpha value is -0.530. The predicted octanol–water partition coefficient (Wildman–Crippen LogP) is 1.31. The molecule has 0 aliphatic rings. The van der Waals surface area contributed by atoms with Crippen molar-refractivity contribution in [1.82, 2.24) is 5.32 Å². The topological polar surface area (TPSA) is 29.1 Å². The van der Waals surface area contributed by atoms with Gasteiger partial charge in [0.25, 0.3) is 0 Å². The summed E-state index contributed by atoms with van der Waals surface area (Å²) in [5.41, 5.74) is -0.0174. The number of nitrogens with one attached hydrogen (secondary N) is 1. The van der Waals surface area contributed by atoms with Gasteiger partial charge in [0, 0.05) is 5.54 Å². The summed E-state index contributed by atoms with van der Waals surface area (Å²) in [6, 6.07) is 0. The van der Waals surface area contributed by atoms with Crippen LogP contribution in [0.2, 0.25) is 0 Å². The Morgan fingerprint density at radius 1 is 1.56 bits per heavy atom. The minimum atomic E-state index is -0.0174. The number of carbonyl (C=O) groups is 1. The van der Waals surface area contributed by atoms with E-state index in [4.69, 9.17) is 0 Å². The lowest BCUT2D eigenvalue weighted by molar-refractivity contribution is -0.110. The van der Waals surface area contributed by atoms with Gasteiger partial charge in [-0.2, -0.15) is 0 Å². The molecule has 2 heteroatoms. The second kappa shape index (κ2) is 3.49. The first-order valence-electron chi connectivity index (χ1n) is 3.34. The van der Waals surface area contributed by atoms with E-state index >= 15 is 0 Å². The molecule has 0 heterocycles. The van der Waals surface area contributed by atoms with Gasteiger partial charge in [0.1, 0.15) is 0 Å². The van der Waals surface area contributed by atoms with Crippen molar-refractivity contribution in [2.45, 2.75) is 39.2 Å². The second-order valence-electron chi connectivity index (χ2n) is 2.90. The van der Waals surface area contributed by atoms with E-state index in [9.17, 15) is 4.79 Å². The number of hydrogen-bond acceptors (Lipinski definition) is 1. The molecule has 0 aromatic heterocycles. The molecule has 0 bridgehead atoms. The van der Waals surface area contributed by atoms with E-state index in [1.54, 1.807) is 0 Å². The molecule has 1 N–H and O–H groups in total. The maximum absolute atomic E-state index is 9.98. The first kappa shape index (κ1) is 8.47. The van der Waals surface area contributed by atoms with Crippen LogP contribution in [0.3, 0.4) is 0 Å². The van der Waals surface area contributed by atoms with Crippen molar-refractivity contribution in [2.75, 3.05) is 0 Å². The van der Waals surface area contributed by atoms with E-state index in [0.717, 1.165) is 19.3 Å². The monoisotopic (exact) mass is 129 g/mol. The van der Waals surface area contributed by atoms with Gasteiger partial charge in [-0.05, 0) is 20.3 Å². The molecule has 0 atom stereocenters. The van der Waals surface area contributed by atoms with Crippen LogP contribution < -0.4 is 5.32 Å². The zero-order valence-corrected chi connectivity index (χ0v) is 6.40. The molecular formula is C7H15NO. The Balaban J connectivity index is 3.55. The van der Waals surface area contributed by atoms with Gasteiger partial charge in [0.15, 0.2) is 0 Å². The molecule has 0 aromatic rings. The van der Waals surface area contributed by atoms with Crippen LogP contribution in [0.5, 0.6) is 0 Å². The third-order valence-electron chi connectivity index (χ3n) is 1.32. The van der Waals surface area contributed by atoms with Gasteiger partial charge in [0.05, 0.1) is 0 Å². The van der Waals surface area contributed by atoms with Crippen molar-refractivity contribution in [2.24, 2.45) is 0 Å². The van der Waals surface area contributed by atoms with Crippen molar-refractivity contribution in [3.8, 4) is 0 Å². The lowest BCUT2D eigenvalue weighted by Gasteiger charge is -2.22. The molecule has 0 spiro atoms. The molecule has 0 unspecified atom stereocenters. The molecule has 0 aliphatic heterocycles. The van der Waals surface area contributed by atoms with Crippen molar-refractivity contribution >= 4 is 6.41 Å². The average molecular weight is 129 g/mol. The summed E-state index contributed by atoms with van der Waals surface area (Å²) in [6.45, 7) is 6.14. The van der Waals surface area contributed by atoms with Crippen molar-refractivity contribution in [1.29, 1.82) is 0 Å². The zero-order chi connectivity index (χ0) is 7.33. The molecule has 1 amide bonds. The number of rotatable bonds is 4. The fourth-order valence-electron chi connectivity index (χ4n) is 0.857. The smallest absolute Gasteiger partial charge is 0.207 e. The maximum Gasteiger partial charge on any atom is 0.207 e. The summed E-state index contributed by atoms with van der Waals surface area (Å²) in [5, 5.41) is 2.74. The molecule has 0 saturated carbocycles. The van der Waals surface area contributed by atoms with Gasteiger partial charge in [0.2, 0.25) is 6.41 Å². The third kappa shape index (κ3) is 4.01. The van der Waals surface area contributed by atoms with Crippen LogP contribution in [0, 0.1) is 0 Å². The van der Waals surface area contributed by atoms with Crippen LogP contribution in [-0.4, -0.2) is 11.9 Å². The summed E-state index contributed by atoms with van der Waals surface area (Å²) in [4.78, 5) is 9.98. The quantitative estimate of drug-likeness (QED) is 0.570. The third-order valence-corrected chi connectivity index (χ3v) is 1.32. The van der Waals surface area contributed by atoms with E-state index in [-0.39, 0.29) is 5.54 Å². The normalized spacial score (nSPS) is 11.0. The van der Waals surface area contributed by atoms with E-state index in [0.29, 0.717) is 0 Å². The maximum atomic E-state index is 9.98. The predicted molar refractivity (Wildman–Crippen MR) is 38.2 cm³/mol. The fourth-order valence-corrected chi connectivity index (χ4v) is 0.857. The van der Waals surface area contributed by atoms with Gasteiger partial charge in [-0.15, -0.1) is 0 Å². The lowest BCUT2D eigenvalue weighted by Crippen LogP contribution is -2.37. The molecule has 0 aromatic carbocycles. The summed E-state index contributed by atoms with van der Waals surface area (Å²) in [5.74, 6) is 0. The second-order valence-corrected chi connectivity index (χ2v) is 2.90. The minimum absolute atomic E-state index is 0.0174. The SMILES string of the molecule is CCCC(C)(C)NC=O. The summed E-state index contributed by atoms with van der Waals surface area (Å²) >= 11 is 0. The minimum Gasteiger partial charge on any atom is -0.354 e. The number of amides is 1. The fraction of sp³-hybridized carbons (Fsp3) is 0.857. The molecule has 0 aliphatic carbocycles. The Kier molecular flexibility index (Phi) is 3.28. The van der Waals surface area contributed by atoms with Gasteiger partial charge in [-0.1, -0.05) is 13.3 Å². The van der Waals surface area contributed by atoms with Gasteiger partial charge in [-0.3, -0.25) is 4.79 Å². The Labute approximate surface area is 56.6 Å². The van der Waals surface area contributed by atoms with E-state index in [1.807, 2.05) is 13.8 Å². The highest BCUT2D eigenvalue weighted by molar-refractivity contribution is 5.47. The lowest BCUT2D eigenvalue weighted by atomic mass is 10.00. The highest BCUT2D eigenvalue weighted by Gasteiger charge is 2.13. The molecule has 54 valence electrons.